The number of nitrogens with two attached hydrogens (primary N) is 1. The Morgan fingerprint density at radius 2 is 2.35 bits per heavy atom. The number of carbonyl (C=O) groups is 2. The quantitative estimate of drug-likeness (QED) is 0.772. The molecule has 6 nitrogen and oxygen atoms in total. The molecule has 1 aromatic heterocycles. The number of aryl methyl sites for hydroxylation is 2. The van der Waals surface area contributed by atoms with E-state index in [2.05, 4.69) is 5.10 Å². The van der Waals surface area contributed by atoms with Crippen molar-refractivity contribution in [1.82, 2.24) is 14.7 Å². The van der Waals surface area contributed by atoms with Gasteiger partial charge in [-0.05, 0) is 13.0 Å². The van der Waals surface area contributed by atoms with Crippen molar-refractivity contribution in [2.24, 2.45) is 18.7 Å². The third-order valence-corrected chi connectivity index (χ3v) is 3.07. The molecule has 0 aliphatic carbocycles. The van der Waals surface area contributed by atoms with Gasteiger partial charge in [-0.15, -0.1) is 0 Å². The molecule has 2 heterocycles. The van der Waals surface area contributed by atoms with Crippen LogP contribution in [0.1, 0.15) is 17.8 Å². The average Bonchev–Trinajstić information content (AvgIpc) is 2.73. The van der Waals surface area contributed by atoms with Crippen LogP contribution in [-0.4, -0.2) is 33.0 Å². The molecule has 1 aliphatic rings. The van der Waals surface area contributed by atoms with E-state index in [0.717, 1.165) is 11.4 Å². The van der Waals surface area contributed by atoms with Gasteiger partial charge in [0.2, 0.25) is 11.8 Å². The van der Waals surface area contributed by atoms with E-state index in [4.69, 9.17) is 5.73 Å². The number of amides is 2. The van der Waals surface area contributed by atoms with Gasteiger partial charge in [0.15, 0.2) is 0 Å². The molecule has 92 valence electrons. The standard InChI is InChI=1S/C11H16N4O2/c1-7-3-9(14(2)13-7)6-15-5-8(11(12)17)4-10(15)16/h3,8H,4-6H2,1-2H3,(H2,12,17). The second-order valence-corrected chi connectivity index (χ2v) is 4.48. The molecule has 1 unspecified atom stereocenters. The van der Waals surface area contributed by atoms with Crippen LogP contribution in [0.4, 0.5) is 0 Å². The molecule has 1 fully saturated rings. The Hall–Kier alpha value is -1.85. The predicted molar refractivity (Wildman–Crippen MR) is 60.7 cm³/mol. The lowest BCUT2D eigenvalue weighted by atomic mass is 10.1. The van der Waals surface area contributed by atoms with Crippen LogP contribution in [-0.2, 0) is 23.2 Å². The van der Waals surface area contributed by atoms with E-state index in [1.807, 2.05) is 20.0 Å². The topological polar surface area (TPSA) is 81.2 Å². The average molecular weight is 236 g/mol. The maximum Gasteiger partial charge on any atom is 0.223 e. The van der Waals surface area contributed by atoms with Crippen molar-refractivity contribution in [2.45, 2.75) is 19.9 Å². The lowest BCUT2D eigenvalue weighted by Crippen LogP contribution is -2.28. The predicted octanol–water partition coefficient (Wildman–Crippen LogP) is -0.438. The lowest BCUT2D eigenvalue weighted by Gasteiger charge is -2.15. The molecule has 1 aromatic rings. The van der Waals surface area contributed by atoms with Gasteiger partial charge in [-0.25, -0.2) is 0 Å². The fourth-order valence-electron chi connectivity index (χ4n) is 2.12. The Morgan fingerprint density at radius 3 is 2.82 bits per heavy atom. The highest BCUT2D eigenvalue weighted by Gasteiger charge is 2.33. The third-order valence-electron chi connectivity index (χ3n) is 3.07. The number of likely N-dealkylation sites (tertiary alicyclic amines) is 1. The number of hydrogen-bond donors (Lipinski definition) is 1. The summed E-state index contributed by atoms with van der Waals surface area (Å²) < 4.78 is 1.75. The highest BCUT2D eigenvalue weighted by Crippen LogP contribution is 2.19. The molecule has 0 aromatic carbocycles. The minimum absolute atomic E-state index is 0.0207. The SMILES string of the molecule is Cc1cc(CN2CC(C(N)=O)CC2=O)n(C)n1. The second-order valence-electron chi connectivity index (χ2n) is 4.48. The van der Waals surface area contributed by atoms with Gasteiger partial charge in [0.1, 0.15) is 0 Å². The van der Waals surface area contributed by atoms with Gasteiger partial charge in [0.25, 0.3) is 0 Å². The summed E-state index contributed by atoms with van der Waals surface area (Å²) in [7, 11) is 1.84. The molecule has 2 amide bonds. The molecule has 0 saturated carbocycles. The van der Waals surface area contributed by atoms with Crippen LogP contribution in [0.15, 0.2) is 6.07 Å². The minimum atomic E-state index is -0.401. The Kier molecular flexibility index (Phi) is 2.87. The lowest BCUT2D eigenvalue weighted by molar-refractivity contribution is -0.128. The summed E-state index contributed by atoms with van der Waals surface area (Å²) in [6, 6.07) is 1.94. The van der Waals surface area contributed by atoms with E-state index in [1.54, 1.807) is 9.58 Å². The first-order chi connectivity index (χ1) is 7.97. The summed E-state index contributed by atoms with van der Waals surface area (Å²) in [6.45, 7) is 2.81. The van der Waals surface area contributed by atoms with Crippen LogP contribution in [0, 0.1) is 12.8 Å². The summed E-state index contributed by atoms with van der Waals surface area (Å²) >= 11 is 0. The fourth-order valence-corrected chi connectivity index (χ4v) is 2.12. The molecular formula is C11H16N4O2. The molecule has 1 saturated heterocycles. The van der Waals surface area contributed by atoms with Crippen molar-refractivity contribution in [3.05, 3.63) is 17.5 Å². The molecule has 17 heavy (non-hydrogen) atoms. The third kappa shape index (κ3) is 2.30. The largest absolute Gasteiger partial charge is 0.369 e. The van der Waals surface area contributed by atoms with Crippen molar-refractivity contribution >= 4 is 11.8 Å². The van der Waals surface area contributed by atoms with Crippen molar-refractivity contribution in [2.75, 3.05) is 6.54 Å². The molecule has 1 aliphatic heterocycles. The first kappa shape index (κ1) is 11.6. The van der Waals surface area contributed by atoms with Gasteiger partial charge < -0.3 is 10.6 Å². The van der Waals surface area contributed by atoms with Gasteiger partial charge in [-0.2, -0.15) is 5.10 Å². The molecule has 0 radical (unpaired) electrons. The van der Waals surface area contributed by atoms with Gasteiger partial charge >= 0.3 is 0 Å². The number of nitrogens with zero attached hydrogens (tertiary/aromatic N) is 3. The zero-order valence-electron chi connectivity index (χ0n) is 10.0. The number of rotatable bonds is 3. The van der Waals surface area contributed by atoms with Crippen LogP contribution in [0.25, 0.3) is 0 Å². The maximum atomic E-state index is 11.7. The van der Waals surface area contributed by atoms with E-state index in [0.29, 0.717) is 13.1 Å². The summed E-state index contributed by atoms with van der Waals surface area (Å²) in [4.78, 5) is 24.4. The first-order valence-electron chi connectivity index (χ1n) is 5.54. The van der Waals surface area contributed by atoms with Crippen LogP contribution >= 0.6 is 0 Å². The van der Waals surface area contributed by atoms with Crippen molar-refractivity contribution in [1.29, 1.82) is 0 Å². The van der Waals surface area contributed by atoms with E-state index >= 15 is 0 Å². The molecular weight excluding hydrogens is 220 g/mol. The van der Waals surface area contributed by atoms with Gasteiger partial charge in [-0.1, -0.05) is 0 Å². The van der Waals surface area contributed by atoms with E-state index in [-0.39, 0.29) is 18.2 Å². The Balaban J connectivity index is 2.07. The van der Waals surface area contributed by atoms with Crippen molar-refractivity contribution in [3.8, 4) is 0 Å². The highest BCUT2D eigenvalue weighted by molar-refractivity contribution is 5.88. The zero-order chi connectivity index (χ0) is 12.6. The smallest absolute Gasteiger partial charge is 0.223 e. The van der Waals surface area contributed by atoms with Crippen LogP contribution < -0.4 is 5.73 Å². The van der Waals surface area contributed by atoms with Crippen molar-refractivity contribution in [3.63, 3.8) is 0 Å². The molecule has 6 heteroatoms. The second kappa shape index (κ2) is 4.20. The minimum Gasteiger partial charge on any atom is -0.369 e. The fraction of sp³-hybridized carbons (Fsp3) is 0.545. The Bertz CT molecular complexity index is 466. The molecule has 1 atom stereocenters. The number of hydrogen-bond acceptors (Lipinski definition) is 3. The maximum absolute atomic E-state index is 11.7. The van der Waals surface area contributed by atoms with Crippen LogP contribution in [0.3, 0.4) is 0 Å². The summed E-state index contributed by atoms with van der Waals surface area (Å²) in [5, 5.41) is 4.22. The van der Waals surface area contributed by atoms with E-state index in [1.165, 1.54) is 0 Å². The highest BCUT2D eigenvalue weighted by atomic mass is 16.2. The van der Waals surface area contributed by atoms with Gasteiger partial charge in [0, 0.05) is 20.0 Å². The number of primary amides is 1. The number of carbonyl (C=O) groups excluding carboxylic acids is 2. The van der Waals surface area contributed by atoms with Crippen molar-refractivity contribution < 1.29 is 9.59 Å². The van der Waals surface area contributed by atoms with Crippen LogP contribution in [0.2, 0.25) is 0 Å². The molecule has 2 N–H and O–H groups in total. The van der Waals surface area contributed by atoms with Gasteiger partial charge in [-0.3, -0.25) is 14.3 Å². The van der Waals surface area contributed by atoms with E-state index < -0.39 is 5.91 Å². The molecule has 0 bridgehead atoms. The monoisotopic (exact) mass is 236 g/mol. The van der Waals surface area contributed by atoms with E-state index in [9.17, 15) is 9.59 Å². The van der Waals surface area contributed by atoms with Crippen LogP contribution in [0.5, 0.6) is 0 Å². The Labute approximate surface area is 99.4 Å². The zero-order valence-corrected chi connectivity index (χ0v) is 10.0. The first-order valence-corrected chi connectivity index (χ1v) is 5.54. The summed E-state index contributed by atoms with van der Waals surface area (Å²) in [6.07, 6.45) is 0.228. The van der Waals surface area contributed by atoms with Gasteiger partial charge in [0.05, 0.1) is 23.9 Å². The molecule has 0 spiro atoms. The number of aromatic nitrogens is 2. The normalized spacial score (nSPS) is 20.0. The summed E-state index contributed by atoms with van der Waals surface area (Å²) in [5.74, 6) is -0.772. The Morgan fingerprint density at radius 1 is 1.65 bits per heavy atom. The molecule has 2 rings (SSSR count). The summed E-state index contributed by atoms with van der Waals surface area (Å²) in [5.41, 5.74) is 7.09.